The summed E-state index contributed by atoms with van der Waals surface area (Å²) in [5.74, 6) is 0.745. The topological polar surface area (TPSA) is 46.5 Å². The van der Waals surface area contributed by atoms with Crippen LogP contribution in [0.2, 0.25) is 0 Å². The first-order valence-electron chi connectivity index (χ1n) is 7.99. The maximum absolute atomic E-state index is 11.8. The van der Waals surface area contributed by atoms with E-state index in [2.05, 4.69) is 20.4 Å². The summed E-state index contributed by atoms with van der Waals surface area (Å²) in [6.07, 6.45) is 1.98. The van der Waals surface area contributed by atoms with Gasteiger partial charge in [-0.05, 0) is 65.7 Å². The molecule has 3 heteroatoms. The number of hydrogen-bond acceptors (Lipinski definition) is 3. The van der Waals surface area contributed by atoms with E-state index in [1.54, 1.807) is 0 Å². The summed E-state index contributed by atoms with van der Waals surface area (Å²) < 4.78 is 5.48. The molecule has 0 bridgehead atoms. The van der Waals surface area contributed by atoms with Gasteiger partial charge in [0, 0.05) is 0 Å². The van der Waals surface area contributed by atoms with Crippen LogP contribution in [0.3, 0.4) is 0 Å². The van der Waals surface area contributed by atoms with Crippen molar-refractivity contribution in [2.45, 2.75) is 79.9 Å². The van der Waals surface area contributed by atoms with E-state index in [1.165, 1.54) is 0 Å². The lowest BCUT2D eigenvalue weighted by Crippen LogP contribution is -2.27. The molecule has 0 aromatic rings. The fourth-order valence-corrected chi connectivity index (χ4v) is 2.08. The molecular weight excluding hydrogens is 264 g/mol. The van der Waals surface area contributed by atoms with Crippen LogP contribution in [0.25, 0.3) is 0 Å². The average Bonchev–Trinajstić information content (AvgIpc) is 2.32. The van der Waals surface area contributed by atoms with Gasteiger partial charge in [-0.25, -0.2) is 0 Å². The highest BCUT2D eigenvalue weighted by Crippen LogP contribution is 2.26. The molecule has 0 heterocycles. The van der Waals surface area contributed by atoms with Crippen LogP contribution in [-0.4, -0.2) is 23.3 Å². The van der Waals surface area contributed by atoms with Gasteiger partial charge in [-0.15, -0.1) is 0 Å². The highest BCUT2D eigenvalue weighted by atomic mass is 16.5. The molecule has 0 saturated heterocycles. The molecule has 0 spiro atoms. The molecule has 3 atom stereocenters. The van der Waals surface area contributed by atoms with Crippen molar-refractivity contribution in [3.05, 3.63) is 12.2 Å². The molecule has 1 N–H and O–H groups in total. The van der Waals surface area contributed by atoms with Gasteiger partial charge in [0.1, 0.15) is 0 Å². The fraction of sp³-hybridized carbons (Fsp3) is 0.833. The molecule has 0 aromatic heterocycles. The van der Waals surface area contributed by atoms with E-state index in [0.29, 0.717) is 11.8 Å². The molecule has 3 nitrogen and oxygen atoms in total. The summed E-state index contributed by atoms with van der Waals surface area (Å²) in [6.45, 7) is 17.5. The molecule has 21 heavy (non-hydrogen) atoms. The zero-order chi connectivity index (χ0) is 16.8. The van der Waals surface area contributed by atoms with Crippen LogP contribution >= 0.6 is 0 Å². The van der Waals surface area contributed by atoms with Gasteiger partial charge in [0.25, 0.3) is 0 Å². The number of esters is 1. The second kappa shape index (κ2) is 8.57. The minimum Gasteiger partial charge on any atom is -0.462 e. The maximum atomic E-state index is 11.8. The van der Waals surface area contributed by atoms with Crippen LogP contribution in [0.5, 0.6) is 0 Å². The predicted octanol–water partition coefficient (Wildman–Crippen LogP) is 4.34. The third-order valence-electron chi connectivity index (χ3n) is 3.90. The molecule has 0 aromatic carbocycles. The van der Waals surface area contributed by atoms with Crippen molar-refractivity contribution in [1.82, 2.24) is 0 Å². The molecule has 124 valence electrons. The zero-order valence-electron chi connectivity index (χ0n) is 14.9. The SMILES string of the molecule is C=C(C)[C@@H](O)C[C@@H](CC[C@H](C)OC(=O)C(C)(C)C)C(C)C. The van der Waals surface area contributed by atoms with E-state index < -0.39 is 11.5 Å². The monoisotopic (exact) mass is 298 g/mol. The standard InChI is InChI=1S/C18H34O3/c1-12(2)15(11-16(19)13(3)4)10-9-14(5)21-17(20)18(6,7)8/h12,14-16,19H,3,9-11H2,1-2,4-8H3/t14-,15+,16-/m0/s1. The highest BCUT2D eigenvalue weighted by Gasteiger charge is 2.26. The summed E-state index contributed by atoms with van der Waals surface area (Å²) >= 11 is 0. The summed E-state index contributed by atoms with van der Waals surface area (Å²) in [7, 11) is 0. The van der Waals surface area contributed by atoms with Crippen LogP contribution in [0, 0.1) is 17.3 Å². The second-order valence-electron chi connectivity index (χ2n) is 7.65. The van der Waals surface area contributed by atoms with Gasteiger partial charge in [-0.1, -0.05) is 26.0 Å². The number of carbonyl (C=O) groups is 1. The van der Waals surface area contributed by atoms with Gasteiger partial charge in [0.2, 0.25) is 0 Å². The molecule has 0 fully saturated rings. The second-order valence-corrected chi connectivity index (χ2v) is 7.65. The van der Waals surface area contributed by atoms with E-state index in [0.717, 1.165) is 24.8 Å². The average molecular weight is 298 g/mol. The lowest BCUT2D eigenvalue weighted by molar-refractivity contribution is -0.158. The quantitative estimate of drug-likeness (QED) is 0.535. The Balaban J connectivity index is 4.37. The number of carbonyl (C=O) groups excluding carboxylic acids is 1. The largest absolute Gasteiger partial charge is 0.462 e. The molecule has 0 unspecified atom stereocenters. The zero-order valence-corrected chi connectivity index (χ0v) is 14.9. The lowest BCUT2D eigenvalue weighted by Gasteiger charge is -2.26. The van der Waals surface area contributed by atoms with Crippen molar-refractivity contribution in [2.24, 2.45) is 17.3 Å². The van der Waals surface area contributed by atoms with Crippen LogP contribution in [0.1, 0.15) is 67.7 Å². The molecule has 0 amide bonds. The summed E-state index contributed by atoms with van der Waals surface area (Å²) in [5.41, 5.74) is 0.356. The van der Waals surface area contributed by atoms with Gasteiger partial charge < -0.3 is 9.84 Å². The van der Waals surface area contributed by atoms with Gasteiger partial charge in [-0.2, -0.15) is 0 Å². The normalized spacial score (nSPS) is 16.4. The number of aliphatic hydroxyl groups is 1. The fourth-order valence-electron chi connectivity index (χ4n) is 2.08. The van der Waals surface area contributed by atoms with Crippen molar-refractivity contribution < 1.29 is 14.6 Å². The third kappa shape index (κ3) is 8.25. The lowest BCUT2D eigenvalue weighted by atomic mass is 9.84. The molecule has 0 aliphatic rings. The van der Waals surface area contributed by atoms with Crippen molar-refractivity contribution in [3.63, 3.8) is 0 Å². The van der Waals surface area contributed by atoms with Crippen LogP contribution in [-0.2, 0) is 9.53 Å². The summed E-state index contributed by atoms with van der Waals surface area (Å²) in [5, 5.41) is 9.98. The molecule has 0 rings (SSSR count). The Morgan fingerprint density at radius 1 is 1.19 bits per heavy atom. The number of ether oxygens (including phenoxy) is 1. The van der Waals surface area contributed by atoms with Crippen LogP contribution in [0.4, 0.5) is 0 Å². The van der Waals surface area contributed by atoms with Gasteiger partial charge in [0.15, 0.2) is 0 Å². The highest BCUT2D eigenvalue weighted by molar-refractivity contribution is 5.75. The number of hydrogen-bond donors (Lipinski definition) is 1. The minimum atomic E-state index is -0.456. The Morgan fingerprint density at radius 2 is 1.71 bits per heavy atom. The Hall–Kier alpha value is -0.830. The van der Waals surface area contributed by atoms with Crippen LogP contribution in [0.15, 0.2) is 12.2 Å². The van der Waals surface area contributed by atoms with E-state index in [1.807, 2.05) is 34.6 Å². The molecule has 0 aliphatic carbocycles. The third-order valence-corrected chi connectivity index (χ3v) is 3.90. The maximum Gasteiger partial charge on any atom is 0.311 e. The van der Waals surface area contributed by atoms with Crippen molar-refractivity contribution in [2.75, 3.05) is 0 Å². The van der Waals surface area contributed by atoms with E-state index in [4.69, 9.17) is 4.74 Å². The molecular formula is C18H34O3. The first-order chi connectivity index (χ1) is 9.45. The van der Waals surface area contributed by atoms with E-state index in [-0.39, 0.29) is 12.1 Å². The Morgan fingerprint density at radius 3 is 2.10 bits per heavy atom. The first-order valence-corrected chi connectivity index (χ1v) is 7.99. The molecule has 0 radical (unpaired) electrons. The van der Waals surface area contributed by atoms with E-state index >= 15 is 0 Å². The summed E-state index contributed by atoms with van der Waals surface area (Å²) in [4.78, 5) is 11.8. The van der Waals surface area contributed by atoms with Crippen LogP contribution < -0.4 is 0 Å². The summed E-state index contributed by atoms with van der Waals surface area (Å²) in [6, 6.07) is 0. The first kappa shape index (κ1) is 20.2. The van der Waals surface area contributed by atoms with E-state index in [9.17, 15) is 9.90 Å². The van der Waals surface area contributed by atoms with Gasteiger partial charge in [-0.3, -0.25) is 4.79 Å². The minimum absolute atomic E-state index is 0.0834. The molecule has 0 saturated carbocycles. The van der Waals surface area contributed by atoms with Gasteiger partial charge in [0.05, 0.1) is 17.6 Å². The number of rotatable bonds is 8. The van der Waals surface area contributed by atoms with Crippen molar-refractivity contribution >= 4 is 5.97 Å². The predicted molar refractivity (Wildman–Crippen MR) is 88.0 cm³/mol. The molecule has 0 aliphatic heterocycles. The van der Waals surface area contributed by atoms with Crippen molar-refractivity contribution in [3.8, 4) is 0 Å². The van der Waals surface area contributed by atoms with Gasteiger partial charge >= 0.3 is 5.97 Å². The Kier molecular flexibility index (Phi) is 8.23. The Labute approximate surface area is 130 Å². The van der Waals surface area contributed by atoms with Crippen molar-refractivity contribution in [1.29, 1.82) is 0 Å². The number of aliphatic hydroxyl groups excluding tert-OH is 1. The Bertz CT molecular complexity index is 339. The smallest absolute Gasteiger partial charge is 0.311 e.